The summed E-state index contributed by atoms with van der Waals surface area (Å²) in [5.74, 6) is 0.536. The molecule has 4 rings (SSSR count). The van der Waals surface area contributed by atoms with Crippen molar-refractivity contribution < 1.29 is 4.79 Å². The number of carbonyl (C=O) groups is 1. The number of hydrogen-bond acceptors (Lipinski definition) is 4. The Labute approximate surface area is 131 Å². The standard InChI is InChI=1S/C15H14ClN3OS/c16-13-8-17-7-11(18-13)15(20)19-5-3-12-10(4-6-21-12)14(19)9-1-2-9/h4,6-9,14H,1-3,5H2. The number of carbonyl (C=O) groups excluding carboxylic acids is 1. The van der Waals surface area contributed by atoms with Gasteiger partial charge in [-0.05, 0) is 42.2 Å². The van der Waals surface area contributed by atoms with Crippen molar-refractivity contribution in [2.45, 2.75) is 25.3 Å². The molecule has 1 amide bonds. The molecule has 3 heterocycles. The van der Waals surface area contributed by atoms with Gasteiger partial charge in [0.1, 0.15) is 10.8 Å². The number of aromatic nitrogens is 2. The van der Waals surface area contributed by atoms with Crippen molar-refractivity contribution in [3.05, 3.63) is 45.1 Å². The SMILES string of the molecule is O=C(c1cncc(Cl)n1)N1CCc2sccc2C1C1CC1. The maximum Gasteiger partial charge on any atom is 0.274 e. The molecule has 2 aliphatic rings. The average Bonchev–Trinajstić information content (AvgIpc) is 3.22. The van der Waals surface area contributed by atoms with Gasteiger partial charge in [-0.2, -0.15) is 0 Å². The van der Waals surface area contributed by atoms with Crippen molar-refractivity contribution in [3.63, 3.8) is 0 Å². The molecule has 0 bridgehead atoms. The van der Waals surface area contributed by atoms with E-state index in [0.717, 1.165) is 13.0 Å². The summed E-state index contributed by atoms with van der Waals surface area (Å²) in [6.45, 7) is 0.752. The maximum absolute atomic E-state index is 12.8. The van der Waals surface area contributed by atoms with Crippen molar-refractivity contribution in [2.75, 3.05) is 6.54 Å². The fraction of sp³-hybridized carbons (Fsp3) is 0.400. The quantitative estimate of drug-likeness (QED) is 0.853. The summed E-state index contributed by atoms with van der Waals surface area (Å²) < 4.78 is 0. The average molecular weight is 320 g/mol. The van der Waals surface area contributed by atoms with E-state index >= 15 is 0 Å². The zero-order valence-corrected chi connectivity index (χ0v) is 12.9. The molecule has 1 aliphatic heterocycles. The first-order valence-corrected chi connectivity index (χ1v) is 8.34. The number of thiophene rings is 1. The first kappa shape index (κ1) is 13.2. The van der Waals surface area contributed by atoms with Crippen molar-refractivity contribution in [1.29, 1.82) is 0 Å². The zero-order chi connectivity index (χ0) is 14.4. The van der Waals surface area contributed by atoms with Crippen LogP contribution in [-0.2, 0) is 6.42 Å². The highest BCUT2D eigenvalue weighted by Crippen LogP contribution is 2.48. The van der Waals surface area contributed by atoms with Crippen molar-refractivity contribution in [1.82, 2.24) is 14.9 Å². The van der Waals surface area contributed by atoms with Crippen LogP contribution in [0.1, 0.15) is 39.8 Å². The number of halogens is 1. The zero-order valence-electron chi connectivity index (χ0n) is 11.3. The monoisotopic (exact) mass is 319 g/mol. The Bertz CT molecular complexity index is 698. The Morgan fingerprint density at radius 2 is 2.24 bits per heavy atom. The van der Waals surface area contributed by atoms with Gasteiger partial charge in [0.2, 0.25) is 0 Å². The highest BCUT2D eigenvalue weighted by molar-refractivity contribution is 7.10. The Balaban J connectivity index is 1.69. The van der Waals surface area contributed by atoms with Crippen LogP contribution in [0.5, 0.6) is 0 Å². The van der Waals surface area contributed by atoms with E-state index in [-0.39, 0.29) is 17.1 Å². The molecule has 0 radical (unpaired) electrons. The van der Waals surface area contributed by atoms with Crippen molar-refractivity contribution in [3.8, 4) is 0 Å². The fourth-order valence-electron chi connectivity index (χ4n) is 3.09. The van der Waals surface area contributed by atoms with Crippen LogP contribution in [0.25, 0.3) is 0 Å². The third-order valence-electron chi connectivity index (χ3n) is 4.17. The van der Waals surface area contributed by atoms with Gasteiger partial charge in [0, 0.05) is 11.4 Å². The molecule has 2 aromatic heterocycles. The largest absolute Gasteiger partial charge is 0.330 e. The minimum atomic E-state index is -0.0567. The molecule has 1 fully saturated rings. The lowest BCUT2D eigenvalue weighted by molar-refractivity contribution is 0.0630. The van der Waals surface area contributed by atoms with E-state index in [2.05, 4.69) is 21.4 Å². The Morgan fingerprint density at radius 3 is 3.00 bits per heavy atom. The summed E-state index contributed by atoms with van der Waals surface area (Å²) in [4.78, 5) is 24.3. The molecule has 6 heteroatoms. The summed E-state index contributed by atoms with van der Waals surface area (Å²) >= 11 is 7.66. The van der Waals surface area contributed by atoms with Gasteiger partial charge in [0.25, 0.3) is 5.91 Å². The Morgan fingerprint density at radius 1 is 1.38 bits per heavy atom. The van der Waals surface area contributed by atoms with Crippen molar-refractivity contribution in [2.24, 2.45) is 5.92 Å². The molecule has 1 aliphatic carbocycles. The van der Waals surface area contributed by atoms with E-state index in [9.17, 15) is 4.79 Å². The molecule has 2 aromatic rings. The van der Waals surface area contributed by atoms with E-state index in [1.165, 1.54) is 35.7 Å². The molecule has 1 atom stereocenters. The molecule has 1 saturated carbocycles. The van der Waals surface area contributed by atoms with Gasteiger partial charge in [0.15, 0.2) is 0 Å². The predicted molar refractivity (Wildman–Crippen MR) is 81.6 cm³/mol. The van der Waals surface area contributed by atoms with Gasteiger partial charge in [-0.15, -0.1) is 11.3 Å². The molecule has 108 valence electrons. The van der Waals surface area contributed by atoms with Crippen LogP contribution in [0.3, 0.4) is 0 Å². The molecule has 1 unspecified atom stereocenters. The smallest absolute Gasteiger partial charge is 0.274 e. The third-order valence-corrected chi connectivity index (χ3v) is 5.35. The lowest BCUT2D eigenvalue weighted by atomic mass is 9.95. The third kappa shape index (κ3) is 2.34. The molecule has 0 saturated heterocycles. The van der Waals surface area contributed by atoms with Crippen LogP contribution in [0.15, 0.2) is 23.8 Å². The molecule has 21 heavy (non-hydrogen) atoms. The van der Waals surface area contributed by atoms with Gasteiger partial charge in [-0.25, -0.2) is 4.98 Å². The lowest BCUT2D eigenvalue weighted by Crippen LogP contribution is -2.40. The topological polar surface area (TPSA) is 46.1 Å². The normalized spacial score (nSPS) is 21.2. The summed E-state index contributed by atoms with van der Waals surface area (Å²) in [5.41, 5.74) is 1.67. The summed E-state index contributed by atoms with van der Waals surface area (Å²) in [7, 11) is 0. The summed E-state index contributed by atoms with van der Waals surface area (Å²) in [5, 5.41) is 2.39. The minimum absolute atomic E-state index is 0.0567. The summed E-state index contributed by atoms with van der Waals surface area (Å²) in [6, 6.07) is 2.37. The Kier molecular flexibility index (Phi) is 3.19. The first-order valence-electron chi connectivity index (χ1n) is 7.09. The number of nitrogens with zero attached hydrogens (tertiary/aromatic N) is 3. The van der Waals surface area contributed by atoms with Crippen LogP contribution >= 0.6 is 22.9 Å². The van der Waals surface area contributed by atoms with Crippen LogP contribution in [0.2, 0.25) is 5.15 Å². The molecule has 0 N–H and O–H groups in total. The molecular formula is C15H14ClN3OS. The van der Waals surface area contributed by atoms with E-state index in [4.69, 9.17) is 11.6 Å². The van der Waals surface area contributed by atoms with Gasteiger partial charge in [-0.3, -0.25) is 9.78 Å². The van der Waals surface area contributed by atoms with Gasteiger partial charge in [-0.1, -0.05) is 11.6 Å². The van der Waals surface area contributed by atoms with Gasteiger partial charge in [0.05, 0.1) is 18.4 Å². The van der Waals surface area contributed by atoms with Gasteiger partial charge < -0.3 is 4.90 Å². The van der Waals surface area contributed by atoms with E-state index < -0.39 is 0 Å². The lowest BCUT2D eigenvalue weighted by Gasteiger charge is -2.36. The van der Waals surface area contributed by atoms with Crippen molar-refractivity contribution >= 4 is 28.8 Å². The second kappa shape index (κ2) is 5.07. The van der Waals surface area contributed by atoms with Crippen LogP contribution in [0.4, 0.5) is 0 Å². The number of rotatable bonds is 2. The molecule has 4 nitrogen and oxygen atoms in total. The number of fused-ring (bicyclic) bond motifs is 1. The maximum atomic E-state index is 12.8. The second-order valence-corrected chi connectivity index (χ2v) is 6.94. The molecule has 0 spiro atoms. The molecular weight excluding hydrogens is 306 g/mol. The second-order valence-electron chi connectivity index (χ2n) is 5.56. The van der Waals surface area contributed by atoms with Crippen LogP contribution in [-0.4, -0.2) is 27.3 Å². The highest BCUT2D eigenvalue weighted by atomic mass is 35.5. The van der Waals surface area contributed by atoms with E-state index in [1.807, 2.05) is 4.90 Å². The fourth-order valence-corrected chi connectivity index (χ4v) is 4.15. The van der Waals surface area contributed by atoms with E-state index in [0.29, 0.717) is 11.6 Å². The minimum Gasteiger partial charge on any atom is -0.330 e. The number of hydrogen-bond donors (Lipinski definition) is 0. The van der Waals surface area contributed by atoms with E-state index in [1.54, 1.807) is 11.3 Å². The van der Waals surface area contributed by atoms with Crippen LogP contribution < -0.4 is 0 Å². The predicted octanol–water partition coefficient (Wildman–Crippen LogP) is 3.34. The van der Waals surface area contributed by atoms with Crippen LogP contribution in [0, 0.1) is 5.92 Å². The highest BCUT2D eigenvalue weighted by Gasteiger charge is 2.42. The molecule has 0 aromatic carbocycles. The van der Waals surface area contributed by atoms with Gasteiger partial charge >= 0.3 is 0 Å². The first-order chi connectivity index (χ1) is 10.2. The number of amides is 1. The summed E-state index contributed by atoms with van der Waals surface area (Å²) in [6.07, 6.45) is 6.27. The Hall–Kier alpha value is -1.46.